The molecule has 48 heavy (non-hydrogen) atoms. The molecule has 1 aliphatic carbocycles. The Labute approximate surface area is 291 Å². The molecule has 9 nitrogen and oxygen atoms in total. The Balaban J connectivity index is 1.29. The fraction of sp³-hybridized carbons (Fsp3) is 0.568. The molecule has 0 spiro atoms. The van der Waals surface area contributed by atoms with Crippen LogP contribution in [-0.4, -0.2) is 64.4 Å². The van der Waals surface area contributed by atoms with Gasteiger partial charge in [-0.2, -0.15) is 0 Å². The lowest BCUT2D eigenvalue weighted by atomic mass is 9.85. The lowest BCUT2D eigenvalue weighted by Crippen LogP contribution is -2.40. The van der Waals surface area contributed by atoms with Crippen LogP contribution in [-0.2, 0) is 32.5 Å². The van der Waals surface area contributed by atoms with Gasteiger partial charge in [-0.15, -0.1) is 0 Å². The Kier molecular flexibility index (Phi) is 12.1. The number of rotatable bonds is 12. The summed E-state index contributed by atoms with van der Waals surface area (Å²) in [4.78, 5) is 20.2. The zero-order valence-electron chi connectivity index (χ0n) is 28.7. The maximum Gasteiger partial charge on any atom is 0.264 e. The molecule has 3 atom stereocenters. The van der Waals surface area contributed by atoms with Crippen LogP contribution in [0, 0.1) is 11.8 Å². The summed E-state index contributed by atoms with van der Waals surface area (Å²) in [5.41, 5.74) is 2.78. The average Bonchev–Trinajstić information content (AvgIpc) is 3.54. The van der Waals surface area contributed by atoms with Gasteiger partial charge in [-0.25, -0.2) is 13.1 Å². The van der Waals surface area contributed by atoms with E-state index in [1.54, 1.807) is 32.2 Å². The highest BCUT2D eigenvalue weighted by Crippen LogP contribution is 2.36. The van der Waals surface area contributed by atoms with Gasteiger partial charge in [0.15, 0.2) is 5.90 Å². The minimum absolute atomic E-state index is 0.260. The number of aliphatic imine (C=N–C) groups is 1. The summed E-state index contributed by atoms with van der Waals surface area (Å²) in [5.74, 6) is 1.04. The molecule has 0 bridgehead atoms. The van der Waals surface area contributed by atoms with Gasteiger partial charge in [0.1, 0.15) is 19.0 Å². The molecule has 3 aliphatic rings. The highest BCUT2D eigenvalue weighted by atomic mass is 35.5. The van der Waals surface area contributed by atoms with Gasteiger partial charge in [-0.05, 0) is 106 Å². The molecule has 2 heterocycles. The van der Waals surface area contributed by atoms with Crippen molar-refractivity contribution in [3.63, 3.8) is 0 Å². The smallest absolute Gasteiger partial charge is 0.264 e. The zero-order chi connectivity index (χ0) is 34.3. The number of aryl methyl sites for hydroxylation is 1. The largest absolute Gasteiger partial charge is 0.487 e. The summed E-state index contributed by atoms with van der Waals surface area (Å²) < 4.78 is 46.9. The summed E-state index contributed by atoms with van der Waals surface area (Å²) in [5, 5.41) is -0.0914. The van der Waals surface area contributed by atoms with E-state index in [1.165, 1.54) is 24.8 Å². The van der Waals surface area contributed by atoms with Gasteiger partial charge < -0.3 is 19.1 Å². The van der Waals surface area contributed by atoms with Crippen molar-refractivity contribution in [3.8, 4) is 5.75 Å². The summed E-state index contributed by atoms with van der Waals surface area (Å²) in [6.07, 6.45) is 11.4. The van der Waals surface area contributed by atoms with E-state index >= 15 is 0 Å². The van der Waals surface area contributed by atoms with Crippen LogP contribution in [0.4, 0.5) is 5.69 Å². The standard InChI is InChI=1S/C37H50ClN3O6S/c1-26(9-8-17-37(3,45-4)23-35-39-18-20-46-35)27(2)48(43,44)40-36(42)30-14-16-34-33(22-30)41(24-28-10-7-11-28)19-6-5-12-29-21-32(38)15-13-31(29)25-47-34/h8,13-17,21-22,26-28H,5-7,9-12,18-20,23-25H2,1-4H3,(H,40,42)/b17-8+/t26-,27+,37+/m0/s1. The van der Waals surface area contributed by atoms with Crippen molar-refractivity contribution in [2.24, 2.45) is 16.8 Å². The Morgan fingerprint density at radius 3 is 2.67 bits per heavy atom. The number of anilines is 1. The molecular weight excluding hydrogens is 650 g/mol. The van der Waals surface area contributed by atoms with Crippen molar-refractivity contribution in [1.82, 2.24) is 4.72 Å². The van der Waals surface area contributed by atoms with Crippen LogP contribution in [0.25, 0.3) is 0 Å². The van der Waals surface area contributed by atoms with Crippen LogP contribution in [0.15, 0.2) is 53.5 Å². The molecule has 2 aromatic carbocycles. The Morgan fingerprint density at radius 2 is 1.96 bits per heavy atom. The molecule has 1 amide bonds. The lowest BCUT2D eigenvalue weighted by molar-refractivity contribution is 0.0508. The lowest BCUT2D eigenvalue weighted by Gasteiger charge is -2.34. The summed E-state index contributed by atoms with van der Waals surface area (Å²) >= 11 is 6.31. The molecule has 1 fully saturated rings. The van der Waals surface area contributed by atoms with Crippen molar-refractivity contribution < 1.29 is 27.4 Å². The van der Waals surface area contributed by atoms with E-state index in [9.17, 15) is 13.2 Å². The first-order chi connectivity index (χ1) is 23.0. The van der Waals surface area contributed by atoms with E-state index in [4.69, 9.17) is 25.8 Å². The molecule has 5 rings (SSSR count). The molecular formula is C37H50ClN3O6S. The fourth-order valence-electron chi connectivity index (χ4n) is 6.36. The number of allylic oxidation sites excluding steroid dienone is 1. The normalized spacial score (nSPS) is 19.8. The second-order valence-corrected chi connectivity index (χ2v) is 16.2. The number of amides is 1. The number of hydrogen-bond acceptors (Lipinski definition) is 8. The van der Waals surface area contributed by atoms with Crippen LogP contribution < -0.4 is 14.4 Å². The first-order valence-corrected chi connectivity index (χ1v) is 19.1. The van der Waals surface area contributed by atoms with Crippen LogP contribution in [0.3, 0.4) is 0 Å². The number of hydrogen-bond donors (Lipinski definition) is 1. The summed E-state index contributed by atoms with van der Waals surface area (Å²) in [6, 6.07) is 11.2. The van der Waals surface area contributed by atoms with E-state index in [-0.39, 0.29) is 11.5 Å². The number of benzene rings is 2. The molecule has 0 radical (unpaired) electrons. The van der Waals surface area contributed by atoms with Gasteiger partial charge in [-0.1, -0.05) is 43.2 Å². The van der Waals surface area contributed by atoms with Gasteiger partial charge in [0, 0.05) is 30.8 Å². The second kappa shape index (κ2) is 16.1. The fourth-order valence-corrected chi connectivity index (χ4v) is 7.84. The van der Waals surface area contributed by atoms with Gasteiger partial charge in [0.2, 0.25) is 10.0 Å². The maximum absolute atomic E-state index is 13.5. The monoisotopic (exact) mass is 699 g/mol. The molecule has 2 aliphatic heterocycles. The van der Waals surface area contributed by atoms with Crippen molar-refractivity contribution in [1.29, 1.82) is 0 Å². The Hall–Kier alpha value is -3.08. The third-order valence-corrected chi connectivity index (χ3v) is 12.2. The van der Waals surface area contributed by atoms with E-state index in [0.29, 0.717) is 50.2 Å². The minimum atomic E-state index is -3.97. The SMILES string of the molecule is CO[C@](C)(/C=C/C[C@H](C)[C@@H](C)S(=O)(=O)NC(=O)c1ccc2c(c1)N(CC1CCC1)CCCCc1cc(Cl)ccc1CO2)CC1=NCCO1. The molecule has 1 saturated carbocycles. The first-order valence-electron chi connectivity index (χ1n) is 17.2. The highest BCUT2D eigenvalue weighted by Gasteiger charge is 2.30. The van der Waals surface area contributed by atoms with E-state index < -0.39 is 26.8 Å². The predicted molar refractivity (Wildman–Crippen MR) is 192 cm³/mol. The number of sulfonamides is 1. The van der Waals surface area contributed by atoms with Gasteiger partial charge in [-0.3, -0.25) is 9.79 Å². The van der Waals surface area contributed by atoms with Crippen molar-refractivity contribution in [2.45, 2.75) is 89.6 Å². The molecule has 11 heteroatoms. The van der Waals surface area contributed by atoms with Crippen molar-refractivity contribution in [3.05, 3.63) is 70.3 Å². The number of fused-ring (bicyclic) bond motifs is 2. The maximum atomic E-state index is 13.5. The number of carbonyl (C=O) groups is 1. The number of halogens is 1. The molecule has 262 valence electrons. The summed E-state index contributed by atoms with van der Waals surface area (Å²) in [7, 11) is -2.34. The third-order valence-electron chi connectivity index (χ3n) is 10.1. The van der Waals surface area contributed by atoms with Crippen LogP contribution in [0.5, 0.6) is 5.75 Å². The van der Waals surface area contributed by atoms with Crippen molar-refractivity contribution in [2.75, 3.05) is 38.3 Å². The molecule has 2 aromatic rings. The molecule has 0 saturated heterocycles. The van der Waals surface area contributed by atoms with Crippen LogP contribution >= 0.6 is 11.6 Å². The molecule has 0 unspecified atom stereocenters. The van der Waals surface area contributed by atoms with Crippen LogP contribution in [0.2, 0.25) is 5.02 Å². The molecule has 1 N–H and O–H groups in total. The first kappa shape index (κ1) is 36.2. The van der Waals surface area contributed by atoms with E-state index in [2.05, 4.69) is 14.6 Å². The second-order valence-electron chi connectivity index (χ2n) is 13.7. The van der Waals surface area contributed by atoms with Gasteiger partial charge in [0.25, 0.3) is 5.91 Å². The zero-order valence-corrected chi connectivity index (χ0v) is 30.2. The minimum Gasteiger partial charge on any atom is -0.487 e. The molecule has 0 aromatic heterocycles. The van der Waals surface area contributed by atoms with E-state index in [0.717, 1.165) is 48.6 Å². The number of nitrogens with one attached hydrogen (secondary N) is 1. The number of carbonyl (C=O) groups excluding carboxylic acids is 1. The Bertz CT molecular complexity index is 1610. The van der Waals surface area contributed by atoms with Crippen LogP contribution in [0.1, 0.15) is 87.2 Å². The Morgan fingerprint density at radius 1 is 1.15 bits per heavy atom. The average molecular weight is 700 g/mol. The predicted octanol–water partition coefficient (Wildman–Crippen LogP) is 7.12. The van der Waals surface area contributed by atoms with Gasteiger partial charge >= 0.3 is 0 Å². The number of ether oxygens (including phenoxy) is 3. The van der Waals surface area contributed by atoms with E-state index in [1.807, 2.05) is 44.2 Å². The number of methoxy groups -OCH3 is 1. The topological polar surface area (TPSA) is 107 Å². The van der Waals surface area contributed by atoms with Crippen molar-refractivity contribution >= 4 is 39.1 Å². The highest BCUT2D eigenvalue weighted by molar-refractivity contribution is 7.90. The third kappa shape index (κ3) is 9.33. The summed E-state index contributed by atoms with van der Waals surface area (Å²) in [6.45, 7) is 8.77. The number of nitrogens with zero attached hydrogens (tertiary/aromatic N) is 2. The van der Waals surface area contributed by atoms with Gasteiger partial charge in [0.05, 0.1) is 29.5 Å². The quantitative estimate of drug-likeness (QED) is 0.235.